The third kappa shape index (κ3) is 28.1. The van der Waals surface area contributed by atoms with Gasteiger partial charge in [0, 0.05) is 6.42 Å². The fraction of sp³-hybridized carbons (Fsp3) is 0.935. The Morgan fingerprint density at radius 3 is 1.42 bits per heavy atom. The number of carbonyl (C=O) groups is 1. The second-order valence-electron chi connectivity index (χ2n) is 16.6. The molecule has 1 aliphatic rings. The van der Waals surface area contributed by atoms with Crippen LogP contribution in [-0.4, -0.2) is 87.5 Å². The molecule has 7 atom stereocenters. The highest BCUT2D eigenvalue weighted by molar-refractivity contribution is 5.76. The number of rotatable bonds is 39. The molecule has 0 saturated carbocycles. The van der Waals surface area contributed by atoms with Gasteiger partial charge >= 0.3 is 0 Å². The predicted molar refractivity (Wildman–Crippen MR) is 226 cm³/mol. The maximum atomic E-state index is 12.9. The second-order valence-corrected chi connectivity index (χ2v) is 16.6. The van der Waals surface area contributed by atoms with Crippen molar-refractivity contribution in [1.82, 2.24) is 5.32 Å². The molecule has 9 nitrogen and oxygen atoms in total. The van der Waals surface area contributed by atoms with Gasteiger partial charge in [-0.3, -0.25) is 4.79 Å². The van der Waals surface area contributed by atoms with Crippen molar-refractivity contribution in [3.8, 4) is 0 Å². The van der Waals surface area contributed by atoms with E-state index in [2.05, 4.69) is 19.2 Å². The monoisotopic (exact) mass is 784 g/mol. The molecule has 6 N–H and O–H groups in total. The van der Waals surface area contributed by atoms with Crippen molar-refractivity contribution in [1.29, 1.82) is 0 Å². The fourth-order valence-corrected chi connectivity index (χ4v) is 7.57. The van der Waals surface area contributed by atoms with E-state index >= 15 is 0 Å². The first-order valence-electron chi connectivity index (χ1n) is 23.4. The van der Waals surface area contributed by atoms with Crippen molar-refractivity contribution >= 4 is 5.91 Å². The highest BCUT2D eigenvalue weighted by Crippen LogP contribution is 2.23. The topological polar surface area (TPSA) is 149 Å². The Bertz CT molecular complexity index is 873. The molecule has 0 spiro atoms. The van der Waals surface area contributed by atoms with Crippen LogP contribution in [0.5, 0.6) is 0 Å². The summed E-state index contributed by atoms with van der Waals surface area (Å²) in [5, 5.41) is 54.1. The minimum atomic E-state index is -1.56. The van der Waals surface area contributed by atoms with Crippen LogP contribution in [0.1, 0.15) is 219 Å². The van der Waals surface area contributed by atoms with Gasteiger partial charge in [-0.2, -0.15) is 0 Å². The van der Waals surface area contributed by atoms with Gasteiger partial charge in [0.15, 0.2) is 6.29 Å². The summed E-state index contributed by atoms with van der Waals surface area (Å²) in [5.41, 5.74) is 0. The number of carbonyl (C=O) groups excluding carboxylic acids is 1. The first-order chi connectivity index (χ1) is 26.8. The molecule has 326 valence electrons. The maximum Gasteiger partial charge on any atom is 0.220 e. The molecule has 55 heavy (non-hydrogen) atoms. The van der Waals surface area contributed by atoms with Crippen molar-refractivity contribution in [2.24, 2.45) is 0 Å². The maximum absolute atomic E-state index is 12.9. The third-order valence-electron chi connectivity index (χ3n) is 11.4. The van der Waals surface area contributed by atoms with E-state index in [-0.39, 0.29) is 12.5 Å². The Hall–Kier alpha value is -1.07. The molecule has 1 fully saturated rings. The Morgan fingerprint density at radius 1 is 0.600 bits per heavy atom. The van der Waals surface area contributed by atoms with Gasteiger partial charge in [0.25, 0.3) is 0 Å². The van der Waals surface area contributed by atoms with Gasteiger partial charge in [0.1, 0.15) is 24.4 Å². The summed E-state index contributed by atoms with van der Waals surface area (Å²) in [4.78, 5) is 12.9. The molecule has 0 bridgehead atoms. The van der Waals surface area contributed by atoms with Crippen LogP contribution in [0.4, 0.5) is 0 Å². The lowest BCUT2D eigenvalue weighted by atomic mass is 9.99. The summed E-state index contributed by atoms with van der Waals surface area (Å²) in [5.74, 6) is -0.175. The Balaban J connectivity index is 2.24. The molecule has 0 aromatic heterocycles. The number of aliphatic hydroxyl groups excluding tert-OH is 5. The molecule has 1 heterocycles. The lowest BCUT2D eigenvalue weighted by Gasteiger charge is -2.40. The fourth-order valence-electron chi connectivity index (χ4n) is 7.57. The largest absolute Gasteiger partial charge is 0.394 e. The van der Waals surface area contributed by atoms with Gasteiger partial charge in [0.05, 0.1) is 25.4 Å². The number of nitrogens with one attached hydrogen (secondary N) is 1. The summed E-state index contributed by atoms with van der Waals surface area (Å²) in [6.07, 6.45) is 35.5. The van der Waals surface area contributed by atoms with Gasteiger partial charge < -0.3 is 40.3 Å². The zero-order chi connectivity index (χ0) is 40.2. The van der Waals surface area contributed by atoms with E-state index in [1.54, 1.807) is 6.08 Å². The minimum absolute atomic E-state index is 0.175. The smallest absolute Gasteiger partial charge is 0.220 e. The molecule has 0 radical (unpaired) electrons. The summed E-state index contributed by atoms with van der Waals surface area (Å²) in [6.45, 7) is 3.76. The van der Waals surface area contributed by atoms with Crippen LogP contribution in [0.2, 0.25) is 0 Å². The van der Waals surface area contributed by atoms with E-state index in [0.29, 0.717) is 6.42 Å². The number of hydrogen-bond acceptors (Lipinski definition) is 8. The SMILES string of the molecule is CCCCCCCCCC/C=C/[C@@H](O)[C@H](CO[C@H]1O[C@@H](CO)[C@H](O)C(O)C1O)NC(=O)CCCCCCCCCCCCCCCCCCCCCCCC. The highest BCUT2D eigenvalue weighted by Gasteiger charge is 2.44. The van der Waals surface area contributed by atoms with Crippen LogP contribution in [0.25, 0.3) is 0 Å². The lowest BCUT2D eigenvalue weighted by molar-refractivity contribution is -0.302. The normalized spacial score (nSPS) is 21.3. The quantitative estimate of drug-likeness (QED) is 0.0267. The number of hydrogen-bond donors (Lipinski definition) is 6. The molecule has 1 rings (SSSR count). The van der Waals surface area contributed by atoms with Crippen LogP contribution in [-0.2, 0) is 14.3 Å². The Morgan fingerprint density at radius 2 is 1.00 bits per heavy atom. The molecule has 2 unspecified atom stereocenters. The van der Waals surface area contributed by atoms with Crippen molar-refractivity contribution in [2.75, 3.05) is 13.2 Å². The number of unbranched alkanes of at least 4 members (excludes halogenated alkanes) is 29. The Labute approximate surface area is 337 Å². The van der Waals surface area contributed by atoms with Gasteiger partial charge in [-0.05, 0) is 19.3 Å². The lowest BCUT2D eigenvalue weighted by Crippen LogP contribution is -2.60. The third-order valence-corrected chi connectivity index (χ3v) is 11.4. The molecule has 1 amide bonds. The van der Waals surface area contributed by atoms with Gasteiger partial charge in [-0.25, -0.2) is 0 Å². The van der Waals surface area contributed by atoms with E-state index in [9.17, 15) is 30.3 Å². The molecule has 0 aromatic rings. The number of allylic oxidation sites excluding steroid dienone is 1. The van der Waals surface area contributed by atoms with Gasteiger partial charge in [0.2, 0.25) is 5.91 Å². The molecule has 0 aromatic carbocycles. The van der Waals surface area contributed by atoms with Crippen LogP contribution < -0.4 is 5.32 Å². The standard InChI is InChI=1S/C46H89NO8/c1-3-5-7-9-11-13-15-16-17-18-19-20-21-22-23-24-25-26-28-30-32-34-36-42(50)47-39(38-54-46-45(53)44(52)43(51)41(37-48)55-46)40(49)35-33-31-29-27-14-12-10-8-6-4-2/h33,35,39-41,43-46,48-49,51-53H,3-32,34,36-38H2,1-2H3,(H,47,50)/b35-33+/t39-,40+,41-,43-,44?,45?,46-/m0/s1. The zero-order valence-electron chi connectivity index (χ0n) is 35.7. The zero-order valence-corrected chi connectivity index (χ0v) is 35.7. The van der Waals surface area contributed by atoms with Crippen LogP contribution in [0, 0.1) is 0 Å². The van der Waals surface area contributed by atoms with E-state index in [4.69, 9.17) is 9.47 Å². The summed E-state index contributed by atoms with van der Waals surface area (Å²) in [6, 6.07) is -0.797. The van der Waals surface area contributed by atoms with Crippen molar-refractivity contribution in [3.05, 3.63) is 12.2 Å². The number of amides is 1. The predicted octanol–water partition coefficient (Wildman–Crippen LogP) is 9.73. The first kappa shape index (κ1) is 51.9. The van der Waals surface area contributed by atoms with Crippen molar-refractivity contribution < 1.29 is 39.8 Å². The minimum Gasteiger partial charge on any atom is -0.394 e. The van der Waals surface area contributed by atoms with Crippen LogP contribution >= 0.6 is 0 Å². The van der Waals surface area contributed by atoms with Gasteiger partial charge in [-0.15, -0.1) is 0 Å². The van der Waals surface area contributed by atoms with E-state index in [1.165, 1.54) is 161 Å². The van der Waals surface area contributed by atoms with Crippen LogP contribution in [0.15, 0.2) is 12.2 Å². The number of aliphatic hydroxyl groups is 5. The average Bonchev–Trinajstić information content (AvgIpc) is 3.18. The Kier molecular flexibility index (Phi) is 35.2. The molecule has 1 aliphatic heterocycles. The number of ether oxygens (including phenoxy) is 2. The van der Waals surface area contributed by atoms with E-state index < -0.39 is 49.5 Å². The summed E-state index contributed by atoms with van der Waals surface area (Å²) in [7, 11) is 0. The first-order valence-corrected chi connectivity index (χ1v) is 23.4. The molecule has 1 saturated heterocycles. The summed E-state index contributed by atoms with van der Waals surface area (Å²) < 4.78 is 11.2. The van der Waals surface area contributed by atoms with Crippen molar-refractivity contribution in [2.45, 2.75) is 262 Å². The molecular weight excluding hydrogens is 695 g/mol. The van der Waals surface area contributed by atoms with E-state index in [0.717, 1.165) is 38.5 Å². The molecular formula is C46H89NO8. The van der Waals surface area contributed by atoms with Crippen molar-refractivity contribution in [3.63, 3.8) is 0 Å². The average molecular weight is 784 g/mol. The second kappa shape index (κ2) is 37.2. The molecule has 9 heteroatoms. The summed E-state index contributed by atoms with van der Waals surface area (Å²) >= 11 is 0. The van der Waals surface area contributed by atoms with E-state index in [1.807, 2.05) is 6.08 Å². The highest BCUT2D eigenvalue weighted by atomic mass is 16.7. The molecule has 0 aliphatic carbocycles. The van der Waals surface area contributed by atoms with Crippen LogP contribution in [0.3, 0.4) is 0 Å². The van der Waals surface area contributed by atoms with Gasteiger partial charge in [-0.1, -0.05) is 206 Å².